The van der Waals surface area contributed by atoms with Gasteiger partial charge in [-0.05, 0) is 41.8 Å². The molecule has 8 heteroatoms. The van der Waals surface area contributed by atoms with Crippen molar-refractivity contribution >= 4 is 32.9 Å². The number of thioether (sulfide) groups is 1. The van der Waals surface area contributed by atoms with Crippen LogP contribution in [0.25, 0.3) is 0 Å². The van der Waals surface area contributed by atoms with E-state index in [1.54, 1.807) is 12.1 Å². The zero-order valence-electron chi connectivity index (χ0n) is 14.6. The molecule has 2 heterocycles. The van der Waals surface area contributed by atoms with Crippen LogP contribution in [-0.4, -0.2) is 42.6 Å². The van der Waals surface area contributed by atoms with E-state index < -0.39 is 10.0 Å². The van der Waals surface area contributed by atoms with Gasteiger partial charge < -0.3 is 5.32 Å². The highest BCUT2D eigenvalue weighted by Gasteiger charge is 2.28. The highest BCUT2D eigenvalue weighted by molar-refractivity contribution is 8.14. The second kappa shape index (κ2) is 7.46. The fourth-order valence-corrected chi connectivity index (χ4v) is 5.32. The Kier molecular flexibility index (Phi) is 5.03. The monoisotopic (exact) mass is 401 g/mol. The van der Waals surface area contributed by atoms with Gasteiger partial charge in [0, 0.05) is 24.4 Å². The number of amides is 1. The third kappa shape index (κ3) is 3.78. The number of carbonyl (C=O) groups is 1. The predicted octanol–water partition coefficient (Wildman–Crippen LogP) is 2.27. The van der Waals surface area contributed by atoms with Crippen molar-refractivity contribution in [3.05, 3.63) is 65.2 Å². The van der Waals surface area contributed by atoms with Gasteiger partial charge in [0.15, 0.2) is 5.17 Å². The van der Waals surface area contributed by atoms with Gasteiger partial charge in [-0.1, -0.05) is 36.0 Å². The highest BCUT2D eigenvalue weighted by Crippen LogP contribution is 2.25. The van der Waals surface area contributed by atoms with Crippen molar-refractivity contribution in [1.29, 1.82) is 0 Å². The van der Waals surface area contributed by atoms with Gasteiger partial charge in [0.25, 0.3) is 5.91 Å². The number of nitrogens with zero attached hydrogens (tertiary/aromatic N) is 2. The lowest BCUT2D eigenvalue weighted by Crippen LogP contribution is -2.36. The van der Waals surface area contributed by atoms with E-state index in [0.29, 0.717) is 36.8 Å². The summed E-state index contributed by atoms with van der Waals surface area (Å²) in [5.41, 5.74) is 2.65. The van der Waals surface area contributed by atoms with Crippen molar-refractivity contribution in [1.82, 2.24) is 9.62 Å². The third-order valence-corrected chi connectivity index (χ3v) is 7.41. The van der Waals surface area contributed by atoms with E-state index in [0.717, 1.165) is 11.3 Å². The molecule has 0 spiro atoms. The van der Waals surface area contributed by atoms with Crippen LogP contribution in [0.15, 0.2) is 58.4 Å². The Morgan fingerprint density at radius 1 is 1.07 bits per heavy atom. The molecule has 0 unspecified atom stereocenters. The Morgan fingerprint density at radius 2 is 1.81 bits per heavy atom. The number of benzene rings is 2. The van der Waals surface area contributed by atoms with E-state index in [2.05, 4.69) is 10.3 Å². The molecule has 2 aromatic rings. The normalized spacial score (nSPS) is 17.3. The van der Waals surface area contributed by atoms with Crippen LogP contribution in [0.4, 0.5) is 0 Å². The topological polar surface area (TPSA) is 78.8 Å². The molecule has 0 aromatic heterocycles. The molecular formula is C19H19N3O3S2. The van der Waals surface area contributed by atoms with Gasteiger partial charge in [-0.15, -0.1) is 0 Å². The van der Waals surface area contributed by atoms with Crippen molar-refractivity contribution in [2.75, 3.05) is 18.8 Å². The lowest BCUT2D eigenvalue weighted by atomic mass is 10.0. The average molecular weight is 402 g/mol. The first-order chi connectivity index (χ1) is 13.0. The molecular weight excluding hydrogens is 382 g/mol. The molecule has 0 atom stereocenters. The first kappa shape index (κ1) is 18.2. The minimum Gasteiger partial charge on any atom is -0.301 e. The summed E-state index contributed by atoms with van der Waals surface area (Å²) in [5.74, 6) is 0.588. The Morgan fingerprint density at radius 3 is 2.52 bits per heavy atom. The minimum absolute atomic E-state index is 0.200. The number of rotatable bonds is 3. The van der Waals surface area contributed by atoms with Gasteiger partial charge in [-0.25, -0.2) is 8.42 Å². The fraction of sp³-hybridized carbons (Fsp3) is 0.263. The SMILES string of the molecule is O=C(NC1=NCCS1)c1ccc(S(=O)(=O)N2CCc3ccccc3C2)cc1. The minimum atomic E-state index is -3.60. The predicted molar refractivity (Wildman–Crippen MR) is 106 cm³/mol. The third-order valence-electron chi connectivity index (χ3n) is 4.66. The number of hydrogen-bond donors (Lipinski definition) is 1. The summed E-state index contributed by atoms with van der Waals surface area (Å²) in [4.78, 5) is 16.6. The highest BCUT2D eigenvalue weighted by atomic mass is 32.2. The molecule has 0 fully saturated rings. The molecule has 0 saturated heterocycles. The summed E-state index contributed by atoms with van der Waals surface area (Å²) in [7, 11) is -3.60. The second-order valence-electron chi connectivity index (χ2n) is 6.37. The van der Waals surface area contributed by atoms with Gasteiger partial charge >= 0.3 is 0 Å². The molecule has 0 bridgehead atoms. The molecule has 1 N–H and O–H groups in total. The summed E-state index contributed by atoms with van der Waals surface area (Å²) in [5, 5.41) is 3.36. The van der Waals surface area contributed by atoms with Crippen LogP contribution >= 0.6 is 11.8 Å². The number of carbonyl (C=O) groups excluding carboxylic acids is 1. The van der Waals surface area contributed by atoms with Crippen molar-refractivity contribution in [3.63, 3.8) is 0 Å². The number of nitrogens with one attached hydrogen (secondary N) is 1. The number of hydrogen-bond acceptors (Lipinski definition) is 5. The molecule has 0 aliphatic carbocycles. The van der Waals surface area contributed by atoms with Gasteiger partial charge in [0.05, 0.1) is 11.4 Å². The first-order valence-electron chi connectivity index (χ1n) is 8.70. The van der Waals surface area contributed by atoms with Crippen LogP contribution in [0, 0.1) is 0 Å². The van der Waals surface area contributed by atoms with Crippen LogP contribution in [0.3, 0.4) is 0 Å². The Labute approximate surface area is 162 Å². The van der Waals surface area contributed by atoms with Crippen LogP contribution in [0.1, 0.15) is 21.5 Å². The van der Waals surface area contributed by atoms with E-state index in [-0.39, 0.29) is 10.8 Å². The van der Waals surface area contributed by atoms with Crippen LogP contribution < -0.4 is 5.32 Å². The van der Waals surface area contributed by atoms with Crippen molar-refractivity contribution in [2.45, 2.75) is 17.9 Å². The Hall–Kier alpha value is -2.16. The summed E-state index contributed by atoms with van der Waals surface area (Å²) in [6.45, 7) is 1.53. The zero-order valence-corrected chi connectivity index (χ0v) is 16.2. The van der Waals surface area contributed by atoms with Gasteiger partial charge in [-0.3, -0.25) is 9.79 Å². The Bertz CT molecular complexity index is 1000. The molecule has 140 valence electrons. The average Bonchev–Trinajstić information content (AvgIpc) is 3.20. The quantitative estimate of drug-likeness (QED) is 0.856. The molecule has 27 heavy (non-hydrogen) atoms. The molecule has 4 rings (SSSR count). The zero-order chi connectivity index (χ0) is 18.9. The Balaban J connectivity index is 1.50. The summed E-state index contributed by atoms with van der Waals surface area (Å²) in [6.07, 6.45) is 0.704. The first-order valence-corrected chi connectivity index (χ1v) is 11.1. The molecule has 0 saturated carbocycles. The number of sulfonamides is 1. The largest absolute Gasteiger partial charge is 0.301 e. The smallest absolute Gasteiger partial charge is 0.257 e. The van der Waals surface area contributed by atoms with E-state index in [1.165, 1.54) is 33.8 Å². The summed E-state index contributed by atoms with van der Waals surface area (Å²) >= 11 is 1.50. The lowest BCUT2D eigenvalue weighted by Gasteiger charge is -2.28. The van der Waals surface area contributed by atoms with Gasteiger partial charge in [0.2, 0.25) is 10.0 Å². The maximum atomic E-state index is 13.0. The van der Waals surface area contributed by atoms with Crippen molar-refractivity contribution < 1.29 is 13.2 Å². The van der Waals surface area contributed by atoms with E-state index in [9.17, 15) is 13.2 Å². The van der Waals surface area contributed by atoms with E-state index >= 15 is 0 Å². The second-order valence-corrected chi connectivity index (χ2v) is 9.39. The molecule has 6 nitrogen and oxygen atoms in total. The van der Waals surface area contributed by atoms with Crippen molar-refractivity contribution in [3.8, 4) is 0 Å². The number of amidine groups is 1. The molecule has 0 radical (unpaired) electrons. The van der Waals surface area contributed by atoms with E-state index in [4.69, 9.17) is 0 Å². The maximum absolute atomic E-state index is 13.0. The van der Waals surface area contributed by atoms with Gasteiger partial charge in [-0.2, -0.15) is 4.31 Å². The van der Waals surface area contributed by atoms with E-state index in [1.807, 2.05) is 24.3 Å². The summed E-state index contributed by atoms with van der Waals surface area (Å²) < 4.78 is 27.4. The standard InChI is InChI=1S/C19H19N3O3S2/c23-18(21-19-20-10-12-26-19)15-5-7-17(8-6-15)27(24,25)22-11-9-14-3-1-2-4-16(14)13-22/h1-8H,9-13H2,(H,20,21,23). The van der Waals surface area contributed by atoms with Crippen LogP contribution in [0.2, 0.25) is 0 Å². The molecule has 1 amide bonds. The lowest BCUT2D eigenvalue weighted by molar-refractivity contribution is 0.0978. The van der Waals surface area contributed by atoms with Crippen LogP contribution in [-0.2, 0) is 23.0 Å². The molecule has 2 aliphatic rings. The fourth-order valence-electron chi connectivity index (χ4n) is 3.18. The number of aliphatic imine (C=N–C) groups is 1. The maximum Gasteiger partial charge on any atom is 0.257 e. The number of fused-ring (bicyclic) bond motifs is 1. The molecule has 2 aliphatic heterocycles. The van der Waals surface area contributed by atoms with Crippen molar-refractivity contribution in [2.24, 2.45) is 4.99 Å². The molecule has 2 aromatic carbocycles. The summed E-state index contributed by atoms with van der Waals surface area (Å²) in [6, 6.07) is 14.0. The van der Waals surface area contributed by atoms with Gasteiger partial charge in [0.1, 0.15) is 0 Å². The van der Waals surface area contributed by atoms with Crippen LogP contribution in [0.5, 0.6) is 0 Å².